The van der Waals surface area contributed by atoms with Gasteiger partial charge in [-0.15, -0.1) is 0 Å². The summed E-state index contributed by atoms with van der Waals surface area (Å²) < 4.78 is 77.9. The molecule has 0 aromatic heterocycles. The van der Waals surface area contributed by atoms with Crippen LogP contribution in [0.3, 0.4) is 0 Å². The number of hydrogen-bond donors (Lipinski definition) is 1. The molecule has 3 nitrogen and oxygen atoms in total. The lowest BCUT2D eigenvalue weighted by Crippen LogP contribution is -2.27. The molecule has 0 saturated heterocycles. The zero-order valence-corrected chi connectivity index (χ0v) is 8.83. The fraction of sp³-hybridized carbons (Fsp3) is 1.00. The van der Waals surface area contributed by atoms with Gasteiger partial charge in [0.2, 0.25) is 0 Å². The molecular weight excluding hydrogens is 256 g/mol. The Hall–Kier alpha value is -0.540. The fourth-order valence-electron chi connectivity index (χ4n) is 0.789. The summed E-state index contributed by atoms with van der Waals surface area (Å²) in [6.07, 6.45) is -8.73. The maximum absolute atomic E-state index is 11.6. The first-order valence-electron chi connectivity index (χ1n) is 4.70. The Kier molecular flexibility index (Phi) is 7.48. The van der Waals surface area contributed by atoms with Crippen molar-refractivity contribution in [3.8, 4) is 0 Å². The van der Waals surface area contributed by atoms with Gasteiger partial charge in [-0.05, 0) is 0 Å². The molecule has 0 aromatic carbocycles. The zero-order chi connectivity index (χ0) is 13.4. The molecule has 9 heteroatoms. The maximum atomic E-state index is 11.6. The molecule has 0 rings (SSSR count). The predicted octanol–water partition coefficient (Wildman–Crippen LogP) is 1.73. The molecule has 1 N–H and O–H groups in total. The van der Waals surface area contributed by atoms with Crippen LogP contribution in [0.1, 0.15) is 0 Å². The van der Waals surface area contributed by atoms with Gasteiger partial charge in [0, 0.05) is 13.1 Å². The van der Waals surface area contributed by atoms with E-state index in [4.69, 9.17) is 0 Å². The highest BCUT2D eigenvalue weighted by Gasteiger charge is 2.27. The third-order valence-electron chi connectivity index (χ3n) is 1.38. The van der Waals surface area contributed by atoms with E-state index in [1.54, 1.807) is 0 Å². The third-order valence-corrected chi connectivity index (χ3v) is 1.38. The van der Waals surface area contributed by atoms with Crippen LogP contribution in [0.25, 0.3) is 0 Å². The van der Waals surface area contributed by atoms with Gasteiger partial charge >= 0.3 is 12.4 Å². The summed E-state index contributed by atoms with van der Waals surface area (Å²) in [6, 6.07) is 0. The smallest absolute Gasteiger partial charge is 0.371 e. The summed E-state index contributed by atoms with van der Waals surface area (Å²) in [5, 5.41) is 2.57. The van der Waals surface area contributed by atoms with Crippen molar-refractivity contribution in [2.75, 3.05) is 39.5 Å². The predicted molar refractivity (Wildman–Crippen MR) is 46.6 cm³/mol. The van der Waals surface area contributed by atoms with Crippen molar-refractivity contribution in [1.82, 2.24) is 5.32 Å². The molecule has 0 heterocycles. The number of halogens is 6. The van der Waals surface area contributed by atoms with Gasteiger partial charge in [-0.25, -0.2) is 0 Å². The second-order valence-corrected chi connectivity index (χ2v) is 3.09. The maximum Gasteiger partial charge on any atom is 0.411 e. The van der Waals surface area contributed by atoms with Crippen LogP contribution in [-0.2, 0) is 9.47 Å². The van der Waals surface area contributed by atoms with E-state index in [0.717, 1.165) is 0 Å². The molecule has 0 aliphatic rings. The molecule has 0 aliphatic heterocycles. The number of hydrogen-bond acceptors (Lipinski definition) is 3. The molecule has 17 heavy (non-hydrogen) atoms. The highest BCUT2D eigenvalue weighted by molar-refractivity contribution is 4.50. The second-order valence-electron chi connectivity index (χ2n) is 3.09. The fourth-order valence-corrected chi connectivity index (χ4v) is 0.789. The topological polar surface area (TPSA) is 30.5 Å². The quantitative estimate of drug-likeness (QED) is 0.538. The summed E-state index contributed by atoms with van der Waals surface area (Å²) in [5.41, 5.74) is 0. The van der Waals surface area contributed by atoms with Crippen LogP contribution in [0.2, 0.25) is 0 Å². The highest BCUT2D eigenvalue weighted by atomic mass is 19.4. The standard InChI is InChI=1S/C8H13F6NO2/c9-7(10,11)5-16-3-1-15-2-4-17-6-8(12,13)14/h15H,1-6H2. The first kappa shape index (κ1) is 16.5. The minimum absolute atomic E-state index is 0.117. The van der Waals surface area contributed by atoms with Gasteiger partial charge in [0.15, 0.2) is 0 Å². The van der Waals surface area contributed by atoms with Crippen molar-refractivity contribution >= 4 is 0 Å². The molecule has 0 unspecified atom stereocenters. The molecule has 0 saturated carbocycles. The van der Waals surface area contributed by atoms with Crippen molar-refractivity contribution in [1.29, 1.82) is 0 Å². The molecule has 0 atom stereocenters. The number of nitrogens with one attached hydrogen (secondary N) is 1. The van der Waals surface area contributed by atoms with Crippen molar-refractivity contribution in [2.24, 2.45) is 0 Å². The highest BCUT2D eigenvalue weighted by Crippen LogP contribution is 2.14. The van der Waals surface area contributed by atoms with Gasteiger partial charge in [-0.2, -0.15) is 26.3 Å². The lowest BCUT2D eigenvalue weighted by Gasteiger charge is -2.09. The molecule has 0 aromatic rings. The van der Waals surface area contributed by atoms with Gasteiger partial charge in [0.1, 0.15) is 13.2 Å². The summed E-state index contributed by atoms with van der Waals surface area (Å²) in [6.45, 7) is -2.77. The monoisotopic (exact) mass is 269 g/mol. The third kappa shape index (κ3) is 15.5. The van der Waals surface area contributed by atoms with Crippen LogP contribution >= 0.6 is 0 Å². The zero-order valence-electron chi connectivity index (χ0n) is 8.83. The molecule has 0 fully saturated rings. The second kappa shape index (κ2) is 7.72. The molecule has 104 valence electrons. The van der Waals surface area contributed by atoms with Crippen molar-refractivity contribution in [2.45, 2.75) is 12.4 Å². The first-order valence-corrected chi connectivity index (χ1v) is 4.70. The summed E-state index contributed by atoms with van der Waals surface area (Å²) in [4.78, 5) is 0. The van der Waals surface area contributed by atoms with Gasteiger partial charge in [-0.1, -0.05) is 0 Å². The van der Waals surface area contributed by atoms with Crippen molar-refractivity contribution < 1.29 is 35.8 Å². The van der Waals surface area contributed by atoms with Crippen LogP contribution in [0, 0.1) is 0 Å². The van der Waals surface area contributed by atoms with Crippen molar-refractivity contribution in [3.05, 3.63) is 0 Å². The average Bonchev–Trinajstić information content (AvgIpc) is 2.11. The molecular formula is C8H13F6NO2. The molecule has 0 amide bonds. The first-order chi connectivity index (χ1) is 7.71. The lowest BCUT2D eigenvalue weighted by molar-refractivity contribution is -0.174. The number of ether oxygens (including phenoxy) is 2. The van der Waals surface area contributed by atoms with Crippen molar-refractivity contribution in [3.63, 3.8) is 0 Å². The van der Waals surface area contributed by atoms with Crippen LogP contribution in [-0.4, -0.2) is 51.9 Å². The van der Waals surface area contributed by atoms with Crippen LogP contribution in [0.5, 0.6) is 0 Å². The van der Waals surface area contributed by atoms with Crippen LogP contribution in [0.4, 0.5) is 26.3 Å². The Morgan fingerprint density at radius 2 is 1.06 bits per heavy atom. The van der Waals surface area contributed by atoms with E-state index in [0.29, 0.717) is 0 Å². The Bertz CT molecular complexity index is 173. The SMILES string of the molecule is FC(F)(F)COCCNCCOCC(F)(F)F. The summed E-state index contributed by atoms with van der Waals surface area (Å²) in [7, 11) is 0. The van der Waals surface area contributed by atoms with Crippen LogP contribution < -0.4 is 5.32 Å². The Morgan fingerprint density at radius 1 is 0.706 bits per heavy atom. The normalized spacial score (nSPS) is 13.1. The lowest BCUT2D eigenvalue weighted by atomic mass is 10.6. The van der Waals surface area contributed by atoms with E-state index in [1.807, 2.05) is 0 Å². The number of alkyl halides is 6. The van der Waals surface area contributed by atoms with Gasteiger partial charge < -0.3 is 14.8 Å². The van der Waals surface area contributed by atoms with Gasteiger partial charge in [0.25, 0.3) is 0 Å². The average molecular weight is 269 g/mol. The molecule has 0 spiro atoms. The molecule has 0 bridgehead atoms. The van der Waals surface area contributed by atoms with E-state index < -0.39 is 25.6 Å². The van der Waals surface area contributed by atoms with E-state index in [2.05, 4.69) is 14.8 Å². The Balaban J connectivity index is 3.15. The minimum Gasteiger partial charge on any atom is -0.371 e. The van der Waals surface area contributed by atoms with Gasteiger partial charge in [0.05, 0.1) is 13.2 Å². The van der Waals surface area contributed by atoms with Crippen LogP contribution in [0.15, 0.2) is 0 Å². The molecule has 0 radical (unpaired) electrons. The number of rotatable bonds is 8. The minimum atomic E-state index is -4.37. The van der Waals surface area contributed by atoms with E-state index in [9.17, 15) is 26.3 Å². The Morgan fingerprint density at radius 3 is 1.35 bits per heavy atom. The summed E-state index contributed by atoms with van der Waals surface area (Å²) >= 11 is 0. The molecule has 0 aliphatic carbocycles. The van der Waals surface area contributed by atoms with E-state index >= 15 is 0 Å². The Labute approximate surface area is 94.1 Å². The van der Waals surface area contributed by atoms with Gasteiger partial charge in [-0.3, -0.25) is 0 Å². The van der Waals surface area contributed by atoms with E-state index in [1.165, 1.54) is 0 Å². The van der Waals surface area contributed by atoms with E-state index in [-0.39, 0.29) is 26.3 Å². The largest absolute Gasteiger partial charge is 0.411 e. The summed E-state index contributed by atoms with van der Waals surface area (Å²) in [5.74, 6) is 0.